The van der Waals surface area contributed by atoms with E-state index in [0.29, 0.717) is 33.9 Å². The van der Waals surface area contributed by atoms with E-state index in [1.165, 1.54) is 6.33 Å². The van der Waals surface area contributed by atoms with Gasteiger partial charge in [0.1, 0.15) is 23.3 Å². The summed E-state index contributed by atoms with van der Waals surface area (Å²) >= 11 is 0. The molecule has 3 aliphatic rings. The molecule has 0 radical (unpaired) electrons. The molecule has 3 aromatic rings. The van der Waals surface area contributed by atoms with Gasteiger partial charge < -0.3 is 20.0 Å². The SMILES string of the molecule is Cc1oc2ncnc(NC3(C)CC3)c2c1C(=O)N1CC(C#N)C2(C1)C(=O)Nc1ccccc12. The Kier molecular flexibility index (Phi) is 3.91. The van der Waals surface area contributed by atoms with Crippen LogP contribution < -0.4 is 10.6 Å². The van der Waals surface area contributed by atoms with E-state index in [0.717, 1.165) is 18.4 Å². The lowest BCUT2D eigenvalue weighted by atomic mass is 9.74. The van der Waals surface area contributed by atoms with Crippen LogP contribution in [0.5, 0.6) is 0 Å². The molecule has 2 aliphatic heterocycles. The van der Waals surface area contributed by atoms with Gasteiger partial charge in [-0.3, -0.25) is 9.59 Å². The number of furan rings is 1. The fourth-order valence-electron chi connectivity index (χ4n) is 5.15. The lowest BCUT2D eigenvalue weighted by Crippen LogP contribution is -2.42. The number of fused-ring (bicyclic) bond motifs is 3. The van der Waals surface area contributed by atoms with Crippen LogP contribution in [0.1, 0.15) is 41.4 Å². The first kappa shape index (κ1) is 19.7. The van der Waals surface area contributed by atoms with Gasteiger partial charge in [-0.25, -0.2) is 9.97 Å². The Labute approximate surface area is 189 Å². The molecule has 6 rings (SSSR count). The molecule has 0 bridgehead atoms. The highest BCUT2D eigenvalue weighted by Crippen LogP contribution is 2.48. The van der Waals surface area contributed by atoms with Crippen molar-refractivity contribution >= 4 is 34.4 Å². The zero-order chi connectivity index (χ0) is 23.0. The number of benzene rings is 1. The number of carbonyl (C=O) groups is 2. The van der Waals surface area contributed by atoms with Crippen molar-refractivity contribution in [1.82, 2.24) is 14.9 Å². The lowest BCUT2D eigenvalue weighted by Gasteiger charge is -2.24. The maximum Gasteiger partial charge on any atom is 0.258 e. The molecule has 4 heterocycles. The number of nitrogens with one attached hydrogen (secondary N) is 2. The standard InChI is InChI=1S/C24H22N6O3/c1-13-17(18-19(29-23(2)7-8-23)26-12-27-20(18)33-13)21(31)30-10-14(9-25)24(11-30)15-5-3-4-6-16(15)28-22(24)32/h3-6,12,14H,7-8,10-11H2,1-2H3,(H,28,32)(H,26,27,29). The van der Waals surface area contributed by atoms with E-state index < -0.39 is 11.3 Å². The molecule has 9 heteroatoms. The first-order chi connectivity index (χ1) is 15.9. The number of aromatic nitrogens is 2. The van der Waals surface area contributed by atoms with E-state index in [9.17, 15) is 14.9 Å². The maximum absolute atomic E-state index is 13.8. The summed E-state index contributed by atoms with van der Waals surface area (Å²) in [6.07, 6.45) is 3.46. The van der Waals surface area contributed by atoms with Crippen LogP contribution in [0.15, 0.2) is 35.0 Å². The van der Waals surface area contributed by atoms with Gasteiger partial charge in [-0.15, -0.1) is 0 Å². The van der Waals surface area contributed by atoms with Crippen molar-refractivity contribution in [3.8, 4) is 6.07 Å². The predicted molar refractivity (Wildman–Crippen MR) is 120 cm³/mol. The highest BCUT2D eigenvalue weighted by Gasteiger charge is 2.59. The molecule has 9 nitrogen and oxygen atoms in total. The highest BCUT2D eigenvalue weighted by molar-refractivity contribution is 6.12. The first-order valence-corrected chi connectivity index (χ1v) is 11.0. The zero-order valence-corrected chi connectivity index (χ0v) is 18.3. The van der Waals surface area contributed by atoms with Gasteiger partial charge in [0.25, 0.3) is 5.91 Å². The predicted octanol–water partition coefficient (Wildman–Crippen LogP) is 2.98. The Morgan fingerprint density at radius 3 is 2.88 bits per heavy atom. The van der Waals surface area contributed by atoms with Crippen LogP contribution in [0, 0.1) is 24.2 Å². The topological polar surface area (TPSA) is 124 Å². The first-order valence-electron chi connectivity index (χ1n) is 11.0. The minimum Gasteiger partial charge on any atom is -0.442 e. The van der Waals surface area contributed by atoms with E-state index in [1.54, 1.807) is 11.8 Å². The number of nitriles is 1. The molecule has 166 valence electrons. The average molecular weight is 442 g/mol. The van der Waals surface area contributed by atoms with Crippen LogP contribution in [0.25, 0.3) is 11.1 Å². The van der Waals surface area contributed by atoms with Crippen LogP contribution in [-0.2, 0) is 10.2 Å². The fraction of sp³-hybridized carbons (Fsp3) is 0.375. The van der Waals surface area contributed by atoms with Crippen LogP contribution in [0.4, 0.5) is 11.5 Å². The van der Waals surface area contributed by atoms with Gasteiger partial charge in [-0.2, -0.15) is 5.26 Å². The Hall–Kier alpha value is -3.93. The third-order valence-electron chi connectivity index (χ3n) is 7.24. The number of amides is 2. The van der Waals surface area contributed by atoms with E-state index in [2.05, 4.69) is 33.6 Å². The summed E-state index contributed by atoms with van der Waals surface area (Å²) in [5, 5.41) is 16.8. The molecule has 1 aromatic carbocycles. The minimum absolute atomic E-state index is 0.0535. The number of hydrogen-bond acceptors (Lipinski definition) is 7. The summed E-state index contributed by atoms with van der Waals surface area (Å²) in [7, 11) is 0. The number of likely N-dealkylation sites (tertiary alicyclic amines) is 1. The number of anilines is 2. The Balaban J connectivity index is 1.43. The van der Waals surface area contributed by atoms with Gasteiger partial charge in [-0.1, -0.05) is 18.2 Å². The van der Waals surface area contributed by atoms with Crippen LogP contribution >= 0.6 is 0 Å². The third kappa shape index (κ3) is 2.70. The molecule has 2 amide bonds. The molecule has 1 spiro atoms. The number of hydrogen-bond donors (Lipinski definition) is 2. The van der Waals surface area contributed by atoms with Crippen molar-refractivity contribution < 1.29 is 14.0 Å². The van der Waals surface area contributed by atoms with Crippen molar-refractivity contribution in [3.63, 3.8) is 0 Å². The monoisotopic (exact) mass is 442 g/mol. The number of rotatable bonds is 3. The number of aryl methyl sites for hydroxylation is 1. The minimum atomic E-state index is -1.09. The molecular weight excluding hydrogens is 420 g/mol. The molecule has 1 saturated heterocycles. The Bertz CT molecular complexity index is 1380. The van der Waals surface area contributed by atoms with Crippen molar-refractivity contribution in [3.05, 3.63) is 47.5 Å². The largest absolute Gasteiger partial charge is 0.442 e. The quantitative estimate of drug-likeness (QED) is 0.639. The van der Waals surface area contributed by atoms with E-state index in [4.69, 9.17) is 4.42 Å². The summed E-state index contributed by atoms with van der Waals surface area (Å²) in [6, 6.07) is 9.65. The van der Waals surface area contributed by atoms with Gasteiger partial charge in [-0.05, 0) is 38.3 Å². The van der Waals surface area contributed by atoms with Crippen LogP contribution in [-0.4, -0.2) is 45.3 Å². The van der Waals surface area contributed by atoms with Crippen LogP contribution in [0.3, 0.4) is 0 Å². The zero-order valence-electron chi connectivity index (χ0n) is 18.3. The molecular formula is C24H22N6O3. The number of para-hydroxylation sites is 1. The number of nitrogens with zero attached hydrogens (tertiary/aromatic N) is 4. The third-order valence-corrected chi connectivity index (χ3v) is 7.24. The Morgan fingerprint density at radius 2 is 2.12 bits per heavy atom. The second-order valence-corrected chi connectivity index (χ2v) is 9.46. The molecule has 33 heavy (non-hydrogen) atoms. The maximum atomic E-state index is 13.8. The van der Waals surface area contributed by atoms with E-state index in [1.807, 2.05) is 24.3 Å². The molecule has 2 fully saturated rings. The number of carbonyl (C=O) groups excluding carboxylic acids is 2. The van der Waals surface area contributed by atoms with Crippen LogP contribution in [0.2, 0.25) is 0 Å². The summed E-state index contributed by atoms with van der Waals surface area (Å²) in [5.74, 6) is -0.200. The normalized spacial score (nSPS) is 24.6. The van der Waals surface area contributed by atoms with E-state index >= 15 is 0 Å². The molecule has 1 aliphatic carbocycles. The molecule has 2 N–H and O–H groups in total. The van der Waals surface area contributed by atoms with Crippen molar-refractivity contribution in [1.29, 1.82) is 5.26 Å². The van der Waals surface area contributed by atoms with E-state index in [-0.39, 0.29) is 30.4 Å². The summed E-state index contributed by atoms with van der Waals surface area (Å²) in [5.41, 5.74) is 1.03. The van der Waals surface area contributed by atoms with Gasteiger partial charge >= 0.3 is 0 Å². The molecule has 2 unspecified atom stereocenters. The molecule has 2 aromatic heterocycles. The van der Waals surface area contributed by atoms with Crippen molar-refractivity contribution in [2.75, 3.05) is 23.7 Å². The van der Waals surface area contributed by atoms with Crippen molar-refractivity contribution in [2.24, 2.45) is 5.92 Å². The van der Waals surface area contributed by atoms with Gasteiger partial charge in [0.05, 0.1) is 22.9 Å². The fourth-order valence-corrected chi connectivity index (χ4v) is 5.15. The Morgan fingerprint density at radius 1 is 1.33 bits per heavy atom. The second kappa shape index (κ2) is 6.54. The average Bonchev–Trinajstić information content (AvgIpc) is 3.15. The highest BCUT2D eigenvalue weighted by atomic mass is 16.3. The van der Waals surface area contributed by atoms with Gasteiger partial charge in [0.15, 0.2) is 0 Å². The van der Waals surface area contributed by atoms with Gasteiger partial charge in [0, 0.05) is 24.3 Å². The summed E-state index contributed by atoms with van der Waals surface area (Å²) in [4.78, 5) is 37.2. The summed E-state index contributed by atoms with van der Waals surface area (Å²) < 4.78 is 5.82. The van der Waals surface area contributed by atoms with Gasteiger partial charge in [0.2, 0.25) is 11.6 Å². The van der Waals surface area contributed by atoms with Crippen molar-refractivity contribution in [2.45, 2.75) is 37.6 Å². The summed E-state index contributed by atoms with van der Waals surface area (Å²) in [6.45, 7) is 4.10. The molecule has 1 saturated carbocycles. The smallest absolute Gasteiger partial charge is 0.258 e. The molecule has 2 atom stereocenters. The second-order valence-electron chi connectivity index (χ2n) is 9.46. The lowest BCUT2D eigenvalue weighted by molar-refractivity contribution is -0.121.